The first-order chi connectivity index (χ1) is 9.65. The number of hydrogen-bond donors (Lipinski definition) is 0. The summed E-state index contributed by atoms with van der Waals surface area (Å²) in [5, 5.41) is 3.95. The molecule has 0 aliphatic carbocycles. The van der Waals surface area contributed by atoms with Gasteiger partial charge >= 0.3 is 0 Å². The van der Waals surface area contributed by atoms with Gasteiger partial charge in [-0.15, -0.1) is 11.3 Å². The lowest BCUT2D eigenvalue weighted by Crippen LogP contribution is -1.94. The number of fused-ring (bicyclic) bond motifs is 1. The lowest BCUT2D eigenvalue weighted by molar-refractivity contribution is 1.15. The summed E-state index contributed by atoms with van der Waals surface area (Å²) in [6.45, 7) is 4.06. The molecule has 2 heterocycles. The minimum absolute atomic E-state index is 0.747. The number of rotatable bonds is 3. The van der Waals surface area contributed by atoms with Crippen LogP contribution in [0.1, 0.15) is 17.0 Å². The Kier molecular flexibility index (Phi) is 3.96. The average molecular weight is 321 g/mol. The minimum atomic E-state index is 0.747. The van der Waals surface area contributed by atoms with E-state index in [0.717, 1.165) is 43.0 Å². The standard InChI is InChI=1S/C15H13ClN2S2/c1-9-7-19-15(17-9)20-8-13-14(16)10(2)11-5-3-4-6-12(11)18-13/h3-7H,8H2,1-2H3. The molecule has 0 saturated carbocycles. The molecule has 2 aromatic heterocycles. The largest absolute Gasteiger partial charge is 0.250 e. The maximum atomic E-state index is 6.45. The van der Waals surface area contributed by atoms with Gasteiger partial charge in [-0.1, -0.05) is 41.6 Å². The van der Waals surface area contributed by atoms with Crippen LogP contribution in [0.3, 0.4) is 0 Å². The van der Waals surface area contributed by atoms with Crippen molar-refractivity contribution in [1.82, 2.24) is 9.97 Å². The van der Waals surface area contributed by atoms with Gasteiger partial charge in [0, 0.05) is 22.2 Å². The van der Waals surface area contributed by atoms with E-state index in [1.807, 2.05) is 32.0 Å². The zero-order valence-electron chi connectivity index (χ0n) is 11.2. The molecule has 0 aliphatic rings. The molecule has 3 aromatic rings. The Balaban J connectivity index is 1.93. The van der Waals surface area contributed by atoms with Crippen LogP contribution in [-0.2, 0) is 5.75 Å². The number of halogens is 1. The predicted molar refractivity (Wildman–Crippen MR) is 87.9 cm³/mol. The van der Waals surface area contributed by atoms with Crippen molar-refractivity contribution in [3.05, 3.63) is 51.6 Å². The summed E-state index contributed by atoms with van der Waals surface area (Å²) in [5.74, 6) is 0.747. The monoisotopic (exact) mass is 320 g/mol. The first-order valence-electron chi connectivity index (χ1n) is 6.24. The van der Waals surface area contributed by atoms with Gasteiger partial charge in [0.25, 0.3) is 0 Å². The van der Waals surface area contributed by atoms with E-state index >= 15 is 0 Å². The molecule has 1 aromatic carbocycles. The summed E-state index contributed by atoms with van der Waals surface area (Å²) in [7, 11) is 0. The molecule has 0 spiro atoms. The third-order valence-electron chi connectivity index (χ3n) is 3.08. The second-order valence-electron chi connectivity index (χ2n) is 4.56. The lowest BCUT2D eigenvalue weighted by Gasteiger charge is -2.09. The van der Waals surface area contributed by atoms with Gasteiger partial charge in [0.2, 0.25) is 0 Å². The van der Waals surface area contributed by atoms with Crippen LogP contribution in [0.15, 0.2) is 34.0 Å². The van der Waals surface area contributed by atoms with Crippen molar-refractivity contribution >= 4 is 45.6 Å². The van der Waals surface area contributed by atoms with Gasteiger partial charge in [-0.3, -0.25) is 4.98 Å². The van der Waals surface area contributed by atoms with Crippen molar-refractivity contribution in [3.8, 4) is 0 Å². The summed E-state index contributed by atoms with van der Waals surface area (Å²) in [5.41, 5.74) is 4.09. The van der Waals surface area contributed by atoms with Crippen LogP contribution in [0.5, 0.6) is 0 Å². The lowest BCUT2D eigenvalue weighted by atomic mass is 10.1. The molecule has 2 nitrogen and oxygen atoms in total. The highest BCUT2D eigenvalue weighted by Crippen LogP contribution is 2.32. The maximum absolute atomic E-state index is 6.45. The Bertz CT molecular complexity index is 768. The summed E-state index contributed by atoms with van der Waals surface area (Å²) in [6, 6.07) is 8.11. The third kappa shape index (κ3) is 2.68. The highest BCUT2D eigenvalue weighted by atomic mass is 35.5. The number of para-hydroxylation sites is 1. The van der Waals surface area contributed by atoms with Crippen molar-refractivity contribution in [2.24, 2.45) is 0 Å². The number of nitrogens with zero attached hydrogens (tertiary/aromatic N) is 2. The van der Waals surface area contributed by atoms with Crippen LogP contribution in [0.4, 0.5) is 0 Å². The van der Waals surface area contributed by atoms with E-state index in [2.05, 4.69) is 21.4 Å². The molecular formula is C15H13ClN2S2. The zero-order valence-corrected chi connectivity index (χ0v) is 13.6. The number of aryl methyl sites for hydroxylation is 2. The van der Waals surface area contributed by atoms with E-state index < -0.39 is 0 Å². The molecule has 0 amide bonds. The molecular weight excluding hydrogens is 308 g/mol. The molecule has 5 heteroatoms. The zero-order chi connectivity index (χ0) is 14.1. The van der Waals surface area contributed by atoms with Crippen molar-refractivity contribution in [3.63, 3.8) is 0 Å². The average Bonchev–Trinajstić information content (AvgIpc) is 2.87. The highest BCUT2D eigenvalue weighted by Gasteiger charge is 2.11. The molecule has 0 atom stereocenters. The van der Waals surface area contributed by atoms with Crippen LogP contribution in [-0.4, -0.2) is 9.97 Å². The Labute approximate surface area is 131 Å². The Morgan fingerprint density at radius 3 is 2.75 bits per heavy atom. The van der Waals surface area contributed by atoms with Crippen molar-refractivity contribution < 1.29 is 0 Å². The second kappa shape index (κ2) is 5.72. The normalized spacial score (nSPS) is 11.2. The smallest absolute Gasteiger partial charge is 0.150 e. The van der Waals surface area contributed by atoms with Gasteiger partial charge in [-0.05, 0) is 25.5 Å². The molecule has 0 bridgehead atoms. The number of thiazole rings is 1. The third-order valence-corrected chi connectivity index (χ3v) is 5.73. The van der Waals surface area contributed by atoms with Crippen LogP contribution < -0.4 is 0 Å². The molecule has 102 valence electrons. The van der Waals surface area contributed by atoms with Gasteiger partial charge in [0.15, 0.2) is 0 Å². The predicted octanol–water partition coefficient (Wildman–Crippen LogP) is 5.25. The van der Waals surface area contributed by atoms with Crippen LogP contribution in [0, 0.1) is 13.8 Å². The fraction of sp³-hybridized carbons (Fsp3) is 0.200. The van der Waals surface area contributed by atoms with E-state index in [1.54, 1.807) is 23.1 Å². The van der Waals surface area contributed by atoms with E-state index in [-0.39, 0.29) is 0 Å². The second-order valence-corrected chi connectivity index (χ2v) is 7.02. The van der Waals surface area contributed by atoms with Crippen molar-refractivity contribution in [2.75, 3.05) is 0 Å². The first-order valence-corrected chi connectivity index (χ1v) is 8.48. The number of aromatic nitrogens is 2. The minimum Gasteiger partial charge on any atom is -0.250 e. The van der Waals surface area contributed by atoms with Gasteiger partial charge in [0.1, 0.15) is 4.34 Å². The topological polar surface area (TPSA) is 25.8 Å². The molecule has 0 fully saturated rings. The van der Waals surface area contributed by atoms with Gasteiger partial charge < -0.3 is 0 Å². The summed E-state index contributed by atoms with van der Waals surface area (Å²) < 4.78 is 1.06. The highest BCUT2D eigenvalue weighted by molar-refractivity contribution is 8.00. The summed E-state index contributed by atoms with van der Waals surface area (Å²) in [6.07, 6.45) is 0. The summed E-state index contributed by atoms with van der Waals surface area (Å²) in [4.78, 5) is 9.13. The molecule has 3 rings (SSSR count). The quantitative estimate of drug-likeness (QED) is 0.616. The van der Waals surface area contributed by atoms with E-state index in [4.69, 9.17) is 11.6 Å². The molecule has 20 heavy (non-hydrogen) atoms. The van der Waals surface area contributed by atoms with E-state index in [9.17, 15) is 0 Å². The number of thioether (sulfide) groups is 1. The fourth-order valence-corrected chi connectivity index (χ4v) is 4.12. The van der Waals surface area contributed by atoms with Crippen LogP contribution in [0.25, 0.3) is 10.9 Å². The van der Waals surface area contributed by atoms with Crippen LogP contribution >= 0.6 is 34.7 Å². The van der Waals surface area contributed by atoms with Gasteiger partial charge in [0.05, 0.1) is 16.2 Å². The van der Waals surface area contributed by atoms with Gasteiger partial charge in [-0.25, -0.2) is 4.98 Å². The first kappa shape index (κ1) is 13.9. The van der Waals surface area contributed by atoms with Crippen LogP contribution in [0.2, 0.25) is 5.02 Å². The van der Waals surface area contributed by atoms with Gasteiger partial charge in [-0.2, -0.15) is 0 Å². The molecule has 0 aliphatic heterocycles. The number of benzene rings is 1. The van der Waals surface area contributed by atoms with E-state index in [0.29, 0.717) is 0 Å². The number of hydrogen-bond acceptors (Lipinski definition) is 4. The Morgan fingerprint density at radius 1 is 1.20 bits per heavy atom. The molecule has 0 saturated heterocycles. The molecule has 0 radical (unpaired) electrons. The maximum Gasteiger partial charge on any atom is 0.150 e. The fourth-order valence-electron chi connectivity index (χ4n) is 2.04. The number of pyridine rings is 1. The Hall–Kier alpha value is -1.10. The van der Waals surface area contributed by atoms with Crippen molar-refractivity contribution in [2.45, 2.75) is 23.9 Å². The summed E-state index contributed by atoms with van der Waals surface area (Å²) >= 11 is 9.80. The molecule has 0 N–H and O–H groups in total. The van der Waals surface area contributed by atoms with Crippen molar-refractivity contribution in [1.29, 1.82) is 0 Å². The Morgan fingerprint density at radius 2 is 2.00 bits per heavy atom. The SMILES string of the molecule is Cc1csc(SCc2nc3ccccc3c(C)c2Cl)n1. The van der Waals surface area contributed by atoms with E-state index in [1.165, 1.54) is 0 Å². The molecule has 0 unspecified atom stereocenters.